The summed E-state index contributed by atoms with van der Waals surface area (Å²) >= 11 is 0. The number of aryl methyl sites for hydroxylation is 1. The van der Waals surface area contributed by atoms with E-state index < -0.39 is 10.9 Å². The lowest BCUT2D eigenvalue weighted by atomic mass is 10.1. The first-order valence-electron chi connectivity index (χ1n) is 6.06. The zero-order chi connectivity index (χ0) is 15.6. The van der Waals surface area contributed by atoms with Crippen LogP contribution in [0.25, 0.3) is 0 Å². The number of aromatic nitrogens is 1. The van der Waals surface area contributed by atoms with Gasteiger partial charge in [-0.15, -0.1) is 0 Å². The highest BCUT2D eigenvalue weighted by atomic mass is 16.6. The molecule has 0 spiro atoms. The van der Waals surface area contributed by atoms with Crippen molar-refractivity contribution in [3.8, 4) is 0 Å². The smallest absolute Gasteiger partial charge is 0.335 e. The van der Waals surface area contributed by atoms with E-state index in [-0.39, 0.29) is 28.9 Å². The Labute approximate surface area is 119 Å². The molecule has 2 aromatic rings. The zero-order valence-corrected chi connectivity index (χ0v) is 11.1. The predicted molar refractivity (Wildman–Crippen MR) is 74.6 cm³/mol. The largest absolute Gasteiger partial charge is 0.478 e. The summed E-state index contributed by atoms with van der Waals surface area (Å²) < 4.78 is 1.20. The minimum Gasteiger partial charge on any atom is -0.478 e. The molecular formula is C14H12N2O5. The topological polar surface area (TPSA) is 102 Å². The Morgan fingerprint density at radius 2 is 2.10 bits per heavy atom. The number of hydrogen-bond donors (Lipinski definition) is 1. The van der Waals surface area contributed by atoms with E-state index in [2.05, 4.69) is 0 Å². The Hall–Kier alpha value is -2.96. The minimum absolute atomic E-state index is 0.0719. The van der Waals surface area contributed by atoms with Crippen LogP contribution >= 0.6 is 0 Å². The van der Waals surface area contributed by atoms with Crippen LogP contribution in [0.2, 0.25) is 0 Å². The molecule has 0 amide bonds. The molecule has 0 aliphatic rings. The number of aromatic carboxylic acids is 1. The highest BCUT2D eigenvalue weighted by Gasteiger charge is 2.12. The molecule has 0 aliphatic heterocycles. The number of pyridine rings is 1. The fraction of sp³-hybridized carbons (Fsp3) is 0.143. The van der Waals surface area contributed by atoms with Gasteiger partial charge < -0.3 is 9.67 Å². The summed E-state index contributed by atoms with van der Waals surface area (Å²) in [5.41, 5.74) is 0.418. The van der Waals surface area contributed by atoms with Gasteiger partial charge in [-0.05, 0) is 24.6 Å². The van der Waals surface area contributed by atoms with Gasteiger partial charge in [-0.25, -0.2) is 4.79 Å². The Morgan fingerprint density at radius 3 is 2.71 bits per heavy atom. The van der Waals surface area contributed by atoms with E-state index >= 15 is 0 Å². The van der Waals surface area contributed by atoms with Crippen molar-refractivity contribution in [1.29, 1.82) is 0 Å². The zero-order valence-electron chi connectivity index (χ0n) is 11.1. The predicted octanol–water partition coefficient (Wildman–Crippen LogP) is 1.81. The van der Waals surface area contributed by atoms with E-state index in [1.54, 1.807) is 12.1 Å². The number of carboxylic acid groups (broad SMARTS) is 1. The number of benzene rings is 1. The maximum absolute atomic E-state index is 12.0. The van der Waals surface area contributed by atoms with Crippen molar-refractivity contribution in [2.24, 2.45) is 0 Å². The van der Waals surface area contributed by atoms with E-state index in [9.17, 15) is 19.7 Å². The Kier molecular flexibility index (Phi) is 3.84. The SMILES string of the molecule is Cc1cc([N+](=O)[O-])cn(Cc2cccc(C(=O)O)c2)c1=O. The number of rotatable bonds is 4. The van der Waals surface area contributed by atoms with Crippen LogP contribution in [0.4, 0.5) is 5.69 Å². The third kappa shape index (κ3) is 3.14. The molecule has 21 heavy (non-hydrogen) atoms. The highest BCUT2D eigenvalue weighted by molar-refractivity contribution is 5.87. The summed E-state index contributed by atoms with van der Waals surface area (Å²) in [4.78, 5) is 33.2. The maximum Gasteiger partial charge on any atom is 0.335 e. The fourth-order valence-corrected chi connectivity index (χ4v) is 1.98. The van der Waals surface area contributed by atoms with Gasteiger partial charge in [0, 0.05) is 11.6 Å². The third-order valence-corrected chi connectivity index (χ3v) is 2.99. The number of hydrogen-bond acceptors (Lipinski definition) is 4. The summed E-state index contributed by atoms with van der Waals surface area (Å²) in [6, 6.07) is 7.31. The molecule has 0 saturated heterocycles. The Bertz CT molecular complexity index is 779. The molecule has 2 rings (SSSR count). The Morgan fingerprint density at radius 1 is 1.38 bits per heavy atom. The van der Waals surface area contributed by atoms with Crippen LogP contribution in [0.15, 0.2) is 41.3 Å². The van der Waals surface area contributed by atoms with Gasteiger partial charge in [-0.1, -0.05) is 12.1 Å². The van der Waals surface area contributed by atoms with Crippen LogP contribution in [0.1, 0.15) is 21.5 Å². The number of carboxylic acids is 1. The van der Waals surface area contributed by atoms with Crippen molar-refractivity contribution in [3.05, 3.63) is 73.7 Å². The molecule has 7 nitrogen and oxygen atoms in total. The van der Waals surface area contributed by atoms with Crippen molar-refractivity contribution in [3.63, 3.8) is 0 Å². The van der Waals surface area contributed by atoms with Crippen molar-refractivity contribution < 1.29 is 14.8 Å². The number of nitrogens with zero attached hydrogens (tertiary/aromatic N) is 2. The van der Waals surface area contributed by atoms with Crippen LogP contribution in [0, 0.1) is 17.0 Å². The molecule has 0 atom stereocenters. The lowest BCUT2D eigenvalue weighted by Gasteiger charge is -2.07. The molecule has 108 valence electrons. The molecule has 7 heteroatoms. The number of carbonyl (C=O) groups is 1. The van der Waals surface area contributed by atoms with Crippen LogP contribution in [-0.2, 0) is 6.54 Å². The summed E-state index contributed by atoms with van der Waals surface area (Å²) in [6.45, 7) is 1.57. The summed E-state index contributed by atoms with van der Waals surface area (Å²) in [5.74, 6) is -1.07. The van der Waals surface area contributed by atoms with Gasteiger partial charge in [-0.3, -0.25) is 14.9 Å². The fourth-order valence-electron chi connectivity index (χ4n) is 1.98. The van der Waals surface area contributed by atoms with Crippen molar-refractivity contribution in [1.82, 2.24) is 4.57 Å². The second kappa shape index (κ2) is 5.58. The third-order valence-electron chi connectivity index (χ3n) is 2.99. The average molecular weight is 288 g/mol. The van der Waals surface area contributed by atoms with E-state index in [1.165, 1.54) is 29.7 Å². The molecule has 1 heterocycles. The van der Waals surface area contributed by atoms with Crippen LogP contribution in [0.3, 0.4) is 0 Å². The van der Waals surface area contributed by atoms with E-state index in [4.69, 9.17) is 5.11 Å². The van der Waals surface area contributed by atoms with Gasteiger partial charge in [0.1, 0.15) is 0 Å². The maximum atomic E-state index is 12.0. The summed E-state index contributed by atoms with van der Waals surface area (Å²) in [7, 11) is 0. The summed E-state index contributed by atoms with van der Waals surface area (Å²) in [5, 5.41) is 19.8. The van der Waals surface area contributed by atoms with E-state index in [0.29, 0.717) is 5.56 Å². The summed E-state index contributed by atoms with van der Waals surface area (Å²) in [6.07, 6.45) is 1.16. The first kappa shape index (κ1) is 14.4. The van der Waals surface area contributed by atoms with Crippen LogP contribution < -0.4 is 5.56 Å². The van der Waals surface area contributed by atoms with Crippen molar-refractivity contribution in [2.75, 3.05) is 0 Å². The first-order chi connectivity index (χ1) is 9.88. The van der Waals surface area contributed by atoms with Gasteiger partial charge in [-0.2, -0.15) is 0 Å². The van der Waals surface area contributed by atoms with Crippen LogP contribution in [0.5, 0.6) is 0 Å². The van der Waals surface area contributed by atoms with E-state index in [1.807, 2.05) is 0 Å². The van der Waals surface area contributed by atoms with Gasteiger partial charge in [0.2, 0.25) is 0 Å². The highest BCUT2D eigenvalue weighted by Crippen LogP contribution is 2.12. The molecule has 0 aliphatic carbocycles. The normalized spacial score (nSPS) is 10.3. The van der Waals surface area contributed by atoms with Gasteiger partial charge in [0.25, 0.3) is 11.2 Å². The molecule has 0 fully saturated rings. The first-order valence-corrected chi connectivity index (χ1v) is 6.06. The molecule has 1 aromatic heterocycles. The second-order valence-electron chi connectivity index (χ2n) is 4.58. The second-order valence-corrected chi connectivity index (χ2v) is 4.58. The monoisotopic (exact) mass is 288 g/mol. The molecule has 0 unspecified atom stereocenters. The molecule has 0 saturated carbocycles. The standard InChI is InChI=1S/C14H12N2O5/c1-9-5-12(16(20)21)8-15(13(9)17)7-10-3-2-4-11(6-10)14(18)19/h2-6,8H,7H2,1H3,(H,18,19). The lowest BCUT2D eigenvalue weighted by molar-refractivity contribution is -0.385. The van der Waals surface area contributed by atoms with Crippen molar-refractivity contribution in [2.45, 2.75) is 13.5 Å². The number of nitro groups is 1. The van der Waals surface area contributed by atoms with E-state index in [0.717, 1.165) is 6.20 Å². The molecule has 0 radical (unpaired) electrons. The van der Waals surface area contributed by atoms with Crippen molar-refractivity contribution >= 4 is 11.7 Å². The minimum atomic E-state index is -1.07. The molecule has 1 N–H and O–H groups in total. The Balaban J connectivity index is 2.44. The molecule has 0 bridgehead atoms. The van der Waals surface area contributed by atoms with Gasteiger partial charge in [0.15, 0.2) is 0 Å². The lowest BCUT2D eigenvalue weighted by Crippen LogP contribution is -2.22. The quantitative estimate of drug-likeness (QED) is 0.682. The molecule has 1 aromatic carbocycles. The molecular weight excluding hydrogens is 276 g/mol. The van der Waals surface area contributed by atoms with Gasteiger partial charge in [0.05, 0.1) is 23.2 Å². The average Bonchev–Trinajstić information content (AvgIpc) is 2.43. The van der Waals surface area contributed by atoms with Crippen LogP contribution in [-0.4, -0.2) is 20.6 Å². The van der Waals surface area contributed by atoms with Gasteiger partial charge >= 0.3 is 5.97 Å².